The second-order valence-corrected chi connectivity index (χ2v) is 7.96. The highest BCUT2D eigenvalue weighted by molar-refractivity contribution is 7.98. The number of thioether (sulfide) groups is 1. The number of carbonyl (C=O) groups is 2. The fourth-order valence-electron chi connectivity index (χ4n) is 3.14. The summed E-state index contributed by atoms with van der Waals surface area (Å²) in [6.45, 7) is 3.83. The number of anilines is 1. The molecule has 29 heavy (non-hydrogen) atoms. The van der Waals surface area contributed by atoms with Crippen LogP contribution < -0.4 is 10.6 Å². The molecule has 2 amide bonds. The van der Waals surface area contributed by atoms with Crippen molar-refractivity contribution in [1.29, 1.82) is 0 Å². The van der Waals surface area contributed by atoms with Gasteiger partial charge in [-0.2, -0.15) is 16.9 Å². The average molecular weight is 412 g/mol. The molecule has 1 aromatic carbocycles. The first kappa shape index (κ1) is 20.9. The lowest BCUT2D eigenvalue weighted by Gasteiger charge is -2.18. The summed E-state index contributed by atoms with van der Waals surface area (Å²) < 4.78 is 1.71. The first-order valence-corrected chi connectivity index (χ1v) is 10.7. The molecule has 0 bridgehead atoms. The number of aromatic nitrogens is 3. The van der Waals surface area contributed by atoms with E-state index in [-0.39, 0.29) is 11.8 Å². The molecule has 0 fully saturated rings. The van der Waals surface area contributed by atoms with E-state index in [0.29, 0.717) is 17.7 Å². The number of nitrogens with one attached hydrogen (secondary N) is 2. The molecule has 0 spiro atoms. The van der Waals surface area contributed by atoms with Crippen LogP contribution >= 0.6 is 11.8 Å². The third-order valence-corrected chi connectivity index (χ3v) is 5.29. The molecule has 0 saturated heterocycles. The molecule has 152 valence electrons. The number of pyridine rings is 1. The van der Waals surface area contributed by atoms with Crippen molar-refractivity contribution in [1.82, 2.24) is 20.1 Å². The molecule has 1 unspecified atom stereocenters. The minimum atomic E-state index is -0.638. The van der Waals surface area contributed by atoms with Crippen LogP contribution in [0.4, 0.5) is 5.69 Å². The summed E-state index contributed by atoms with van der Waals surface area (Å²) in [6, 6.07) is 8.53. The molecule has 0 saturated carbocycles. The second-order valence-electron chi connectivity index (χ2n) is 6.97. The van der Waals surface area contributed by atoms with E-state index >= 15 is 0 Å². The van der Waals surface area contributed by atoms with Crippen molar-refractivity contribution < 1.29 is 9.59 Å². The molecule has 0 radical (unpaired) electrons. The van der Waals surface area contributed by atoms with Crippen molar-refractivity contribution in [3.05, 3.63) is 53.3 Å². The van der Waals surface area contributed by atoms with Crippen LogP contribution in [0.1, 0.15) is 28.0 Å². The van der Waals surface area contributed by atoms with Crippen molar-refractivity contribution in [3.63, 3.8) is 0 Å². The van der Waals surface area contributed by atoms with E-state index in [1.807, 2.05) is 51.4 Å². The molecule has 3 aromatic rings. The monoisotopic (exact) mass is 411 g/mol. The standard InChI is InChI=1S/C21H25N5O2S/c1-13-6-5-7-15(10-13)20(27)24-18(8-9-29-4)21(28)23-16-11-17-14(2)25-26(3)19(17)22-12-16/h5-7,10-12,18H,8-9H2,1-4H3,(H,23,28)(H,24,27). The Hall–Kier alpha value is -2.87. The fraction of sp³-hybridized carbons (Fsp3) is 0.333. The minimum Gasteiger partial charge on any atom is -0.340 e. The number of nitrogens with zero attached hydrogens (tertiary/aromatic N) is 3. The summed E-state index contributed by atoms with van der Waals surface area (Å²) in [4.78, 5) is 29.9. The molecule has 2 aromatic heterocycles. The van der Waals surface area contributed by atoms with Crippen molar-refractivity contribution >= 4 is 40.3 Å². The van der Waals surface area contributed by atoms with Crippen LogP contribution in [0, 0.1) is 13.8 Å². The fourth-order valence-corrected chi connectivity index (χ4v) is 3.61. The van der Waals surface area contributed by atoms with Gasteiger partial charge in [-0.3, -0.25) is 14.3 Å². The number of fused-ring (bicyclic) bond motifs is 1. The van der Waals surface area contributed by atoms with E-state index in [4.69, 9.17) is 0 Å². The molecule has 7 nitrogen and oxygen atoms in total. The van der Waals surface area contributed by atoms with Crippen LogP contribution in [0.15, 0.2) is 36.5 Å². The Morgan fingerprint density at radius 3 is 2.76 bits per heavy atom. The lowest BCUT2D eigenvalue weighted by atomic mass is 10.1. The van der Waals surface area contributed by atoms with E-state index in [0.717, 1.165) is 28.0 Å². The summed E-state index contributed by atoms with van der Waals surface area (Å²) >= 11 is 1.63. The van der Waals surface area contributed by atoms with Crippen molar-refractivity contribution in [2.45, 2.75) is 26.3 Å². The van der Waals surface area contributed by atoms with Crippen LogP contribution in [0.3, 0.4) is 0 Å². The predicted molar refractivity (Wildman–Crippen MR) is 117 cm³/mol. The second kappa shape index (κ2) is 9.09. The Morgan fingerprint density at radius 1 is 1.24 bits per heavy atom. The van der Waals surface area contributed by atoms with Gasteiger partial charge in [-0.1, -0.05) is 17.7 Å². The lowest BCUT2D eigenvalue weighted by Crippen LogP contribution is -2.44. The molecule has 3 rings (SSSR count). The van der Waals surface area contributed by atoms with E-state index in [2.05, 4.69) is 20.7 Å². The van der Waals surface area contributed by atoms with Gasteiger partial charge in [0, 0.05) is 18.0 Å². The van der Waals surface area contributed by atoms with Crippen LogP contribution in [-0.4, -0.2) is 44.6 Å². The van der Waals surface area contributed by atoms with Crippen LogP contribution in [0.2, 0.25) is 0 Å². The van der Waals surface area contributed by atoms with Crippen molar-refractivity contribution in [2.75, 3.05) is 17.3 Å². The zero-order valence-electron chi connectivity index (χ0n) is 17.0. The Labute approximate surface area is 174 Å². The molecular formula is C21H25N5O2S. The van der Waals surface area contributed by atoms with Gasteiger partial charge in [-0.15, -0.1) is 0 Å². The quantitative estimate of drug-likeness (QED) is 0.624. The molecule has 2 N–H and O–H groups in total. The highest BCUT2D eigenvalue weighted by Crippen LogP contribution is 2.19. The van der Waals surface area contributed by atoms with Gasteiger partial charge in [0.25, 0.3) is 5.91 Å². The van der Waals surface area contributed by atoms with Gasteiger partial charge in [0.15, 0.2) is 5.65 Å². The lowest BCUT2D eigenvalue weighted by molar-refractivity contribution is -0.118. The smallest absolute Gasteiger partial charge is 0.251 e. The summed E-state index contributed by atoms with van der Waals surface area (Å²) in [5.41, 5.74) is 3.72. The van der Waals surface area contributed by atoms with E-state index in [1.54, 1.807) is 28.7 Å². The molecule has 8 heteroatoms. The molecule has 0 aliphatic rings. The zero-order chi connectivity index (χ0) is 21.0. The van der Waals surface area contributed by atoms with Gasteiger partial charge in [-0.05, 0) is 50.5 Å². The van der Waals surface area contributed by atoms with Gasteiger partial charge in [0.05, 0.1) is 17.6 Å². The third-order valence-electron chi connectivity index (χ3n) is 4.64. The maximum absolute atomic E-state index is 12.9. The van der Waals surface area contributed by atoms with Crippen LogP contribution in [0.25, 0.3) is 11.0 Å². The Bertz CT molecular complexity index is 1050. The summed E-state index contributed by atoms with van der Waals surface area (Å²) in [5.74, 6) is 0.236. The normalized spacial score (nSPS) is 12.0. The summed E-state index contributed by atoms with van der Waals surface area (Å²) in [7, 11) is 1.83. The maximum atomic E-state index is 12.9. The van der Waals surface area contributed by atoms with E-state index in [9.17, 15) is 9.59 Å². The topological polar surface area (TPSA) is 88.9 Å². The number of hydrogen-bond acceptors (Lipinski definition) is 5. The molecule has 0 aliphatic heterocycles. The summed E-state index contributed by atoms with van der Waals surface area (Å²) in [6.07, 6.45) is 4.11. The first-order valence-electron chi connectivity index (χ1n) is 9.35. The number of hydrogen-bond donors (Lipinski definition) is 2. The van der Waals surface area contributed by atoms with Gasteiger partial charge in [0.2, 0.25) is 5.91 Å². The molecular weight excluding hydrogens is 386 g/mol. The van der Waals surface area contributed by atoms with Crippen molar-refractivity contribution in [3.8, 4) is 0 Å². The van der Waals surface area contributed by atoms with Crippen LogP contribution in [0.5, 0.6) is 0 Å². The number of amides is 2. The summed E-state index contributed by atoms with van der Waals surface area (Å²) in [5, 5.41) is 11.0. The minimum absolute atomic E-state index is 0.258. The maximum Gasteiger partial charge on any atom is 0.251 e. The number of rotatable bonds is 7. The van der Waals surface area contributed by atoms with Gasteiger partial charge < -0.3 is 10.6 Å². The molecule has 1 atom stereocenters. The number of carbonyl (C=O) groups excluding carboxylic acids is 2. The van der Waals surface area contributed by atoms with Crippen LogP contribution in [-0.2, 0) is 11.8 Å². The predicted octanol–water partition coefficient (Wildman–Crippen LogP) is 3.08. The first-order chi connectivity index (χ1) is 13.9. The SMILES string of the molecule is CSCCC(NC(=O)c1cccc(C)c1)C(=O)Nc1cnc2c(c1)c(C)nn2C. The number of aryl methyl sites for hydroxylation is 3. The van der Waals surface area contributed by atoms with Crippen molar-refractivity contribution in [2.24, 2.45) is 7.05 Å². The largest absolute Gasteiger partial charge is 0.340 e. The zero-order valence-corrected chi connectivity index (χ0v) is 17.8. The Balaban J connectivity index is 1.76. The third kappa shape index (κ3) is 4.95. The Morgan fingerprint density at radius 2 is 2.03 bits per heavy atom. The highest BCUT2D eigenvalue weighted by Gasteiger charge is 2.22. The average Bonchev–Trinajstić information content (AvgIpc) is 2.98. The Kier molecular flexibility index (Phi) is 6.53. The van der Waals surface area contributed by atoms with Gasteiger partial charge >= 0.3 is 0 Å². The molecule has 2 heterocycles. The van der Waals surface area contributed by atoms with Gasteiger partial charge in [0.1, 0.15) is 6.04 Å². The van der Waals surface area contributed by atoms with E-state index < -0.39 is 6.04 Å². The molecule has 0 aliphatic carbocycles. The number of benzene rings is 1. The van der Waals surface area contributed by atoms with Gasteiger partial charge in [-0.25, -0.2) is 4.98 Å². The highest BCUT2D eigenvalue weighted by atomic mass is 32.2. The van der Waals surface area contributed by atoms with E-state index in [1.165, 1.54) is 0 Å².